The number of hydrogen-bond donors (Lipinski definition) is 2. The molecule has 2 aromatic rings. The summed E-state index contributed by atoms with van der Waals surface area (Å²) in [5.41, 5.74) is 1.03. The molecule has 0 unspecified atom stereocenters. The molecule has 5 heteroatoms. The van der Waals surface area contributed by atoms with Gasteiger partial charge in [-0.1, -0.05) is 12.1 Å². The molecule has 82 valence electrons. The van der Waals surface area contributed by atoms with E-state index in [-0.39, 0.29) is 11.1 Å². The molecule has 0 aliphatic heterocycles. The highest BCUT2D eigenvalue weighted by Crippen LogP contribution is 2.17. The summed E-state index contributed by atoms with van der Waals surface area (Å²) in [6, 6.07) is 6.45. The number of benzene rings is 1. The van der Waals surface area contributed by atoms with Gasteiger partial charge in [0.05, 0.1) is 11.3 Å². The number of nitrogens with one attached hydrogen (secondary N) is 1. The number of aromatic nitrogens is 2. The van der Waals surface area contributed by atoms with Gasteiger partial charge in [0.2, 0.25) is 0 Å². The average Bonchev–Trinajstić information content (AvgIpc) is 2.63. The van der Waals surface area contributed by atoms with Crippen LogP contribution in [0.2, 0.25) is 0 Å². The molecular weight excluding hydrogens is 208 g/mol. The van der Waals surface area contributed by atoms with Gasteiger partial charge in [-0.3, -0.25) is 14.6 Å². The molecule has 0 amide bonds. The fourth-order valence-corrected chi connectivity index (χ4v) is 1.61. The van der Waals surface area contributed by atoms with Crippen LogP contribution >= 0.6 is 0 Å². The molecule has 0 spiro atoms. The Kier molecular flexibility index (Phi) is 2.36. The molecule has 0 saturated carbocycles. The Labute approximate surface area is 90.9 Å². The molecule has 16 heavy (non-hydrogen) atoms. The van der Waals surface area contributed by atoms with E-state index < -0.39 is 5.97 Å². The molecule has 1 aromatic carbocycles. The van der Waals surface area contributed by atoms with Gasteiger partial charge in [-0.05, 0) is 18.6 Å². The molecule has 0 aliphatic carbocycles. The number of aromatic carboxylic acids is 1. The Balaban J connectivity index is 2.69. The number of carboxylic acid groups (broad SMARTS) is 1. The van der Waals surface area contributed by atoms with E-state index in [1.54, 1.807) is 25.1 Å². The van der Waals surface area contributed by atoms with Crippen LogP contribution < -0.4 is 5.56 Å². The molecule has 0 fully saturated rings. The summed E-state index contributed by atoms with van der Waals surface area (Å²) in [7, 11) is 0. The lowest BCUT2D eigenvalue weighted by Crippen LogP contribution is -2.10. The van der Waals surface area contributed by atoms with Gasteiger partial charge in [0, 0.05) is 12.3 Å². The van der Waals surface area contributed by atoms with Crippen LogP contribution in [0.15, 0.2) is 35.3 Å². The molecule has 2 rings (SSSR count). The molecule has 2 N–H and O–H groups in total. The summed E-state index contributed by atoms with van der Waals surface area (Å²) >= 11 is 0. The number of carbonyl (C=O) groups is 1. The van der Waals surface area contributed by atoms with Crippen molar-refractivity contribution in [2.75, 3.05) is 0 Å². The Morgan fingerprint density at radius 2 is 2.12 bits per heavy atom. The molecular formula is C11H10N2O3. The predicted octanol–water partition coefficient (Wildman–Crippen LogP) is 1.17. The highest BCUT2D eigenvalue weighted by Gasteiger charge is 2.14. The second-order valence-electron chi connectivity index (χ2n) is 3.44. The van der Waals surface area contributed by atoms with Crippen LogP contribution in [-0.4, -0.2) is 20.9 Å². The minimum absolute atomic E-state index is 0.189. The predicted molar refractivity (Wildman–Crippen MR) is 58.1 cm³/mol. The zero-order valence-corrected chi connectivity index (χ0v) is 8.60. The number of nitrogens with zero attached hydrogens (tertiary/aromatic N) is 1. The third-order valence-corrected chi connectivity index (χ3v) is 2.33. The van der Waals surface area contributed by atoms with Gasteiger partial charge in [0.15, 0.2) is 0 Å². The molecule has 0 saturated heterocycles. The zero-order chi connectivity index (χ0) is 11.7. The van der Waals surface area contributed by atoms with Crippen molar-refractivity contribution < 1.29 is 9.90 Å². The summed E-state index contributed by atoms with van der Waals surface area (Å²) in [4.78, 5) is 22.1. The van der Waals surface area contributed by atoms with E-state index in [1.165, 1.54) is 16.9 Å². The summed E-state index contributed by atoms with van der Waals surface area (Å²) < 4.78 is 1.40. The van der Waals surface area contributed by atoms with Crippen LogP contribution in [0, 0.1) is 6.92 Å². The van der Waals surface area contributed by atoms with Gasteiger partial charge in [0.1, 0.15) is 0 Å². The second-order valence-corrected chi connectivity index (χ2v) is 3.44. The van der Waals surface area contributed by atoms with Crippen molar-refractivity contribution in [1.82, 2.24) is 9.78 Å². The summed E-state index contributed by atoms with van der Waals surface area (Å²) in [5.74, 6) is -1.01. The van der Waals surface area contributed by atoms with Crippen LogP contribution in [0.3, 0.4) is 0 Å². The van der Waals surface area contributed by atoms with E-state index in [0.717, 1.165) is 0 Å². The van der Waals surface area contributed by atoms with Crippen molar-refractivity contribution in [2.45, 2.75) is 6.92 Å². The fourth-order valence-electron chi connectivity index (χ4n) is 1.61. The third kappa shape index (κ3) is 1.63. The molecule has 0 bridgehead atoms. The SMILES string of the molecule is Cc1cccc(-n2ccc(=O)[nH]2)c1C(=O)O. The van der Waals surface area contributed by atoms with Gasteiger partial charge < -0.3 is 5.11 Å². The van der Waals surface area contributed by atoms with Gasteiger partial charge in [-0.15, -0.1) is 0 Å². The molecule has 0 aliphatic rings. The molecule has 0 radical (unpaired) electrons. The van der Waals surface area contributed by atoms with Crippen LogP contribution in [0.25, 0.3) is 5.69 Å². The first-order valence-electron chi connectivity index (χ1n) is 4.70. The summed E-state index contributed by atoms with van der Waals surface area (Å²) in [6.45, 7) is 1.72. The van der Waals surface area contributed by atoms with Crippen molar-refractivity contribution in [1.29, 1.82) is 0 Å². The van der Waals surface area contributed by atoms with E-state index in [4.69, 9.17) is 5.11 Å². The van der Waals surface area contributed by atoms with Crippen molar-refractivity contribution in [3.8, 4) is 5.69 Å². The Hall–Kier alpha value is -2.30. The van der Waals surface area contributed by atoms with E-state index in [9.17, 15) is 9.59 Å². The summed E-state index contributed by atoms with van der Waals surface area (Å²) in [5, 5.41) is 11.6. The molecule has 5 nitrogen and oxygen atoms in total. The molecule has 1 aromatic heterocycles. The normalized spacial score (nSPS) is 10.3. The number of aromatic amines is 1. The monoisotopic (exact) mass is 218 g/mol. The standard InChI is InChI=1S/C11H10N2O3/c1-7-3-2-4-8(10(7)11(15)16)13-6-5-9(14)12-13/h2-6H,1H3,(H,12,14)(H,15,16). The highest BCUT2D eigenvalue weighted by molar-refractivity contribution is 5.93. The third-order valence-electron chi connectivity index (χ3n) is 2.33. The first kappa shape index (κ1) is 10.2. The quantitative estimate of drug-likeness (QED) is 0.794. The topological polar surface area (TPSA) is 75.1 Å². The zero-order valence-electron chi connectivity index (χ0n) is 8.60. The largest absolute Gasteiger partial charge is 0.478 e. The highest BCUT2D eigenvalue weighted by atomic mass is 16.4. The minimum Gasteiger partial charge on any atom is -0.478 e. The van der Waals surface area contributed by atoms with Crippen molar-refractivity contribution in [2.24, 2.45) is 0 Å². The first-order valence-corrected chi connectivity index (χ1v) is 4.70. The second kappa shape index (κ2) is 3.69. The van der Waals surface area contributed by atoms with Crippen molar-refractivity contribution >= 4 is 5.97 Å². The maximum atomic E-state index is 11.1. The van der Waals surface area contributed by atoms with E-state index in [1.807, 2.05) is 0 Å². The fraction of sp³-hybridized carbons (Fsp3) is 0.0909. The number of rotatable bonds is 2. The lowest BCUT2D eigenvalue weighted by atomic mass is 10.1. The van der Waals surface area contributed by atoms with Crippen LogP contribution in [0.5, 0.6) is 0 Å². The van der Waals surface area contributed by atoms with Gasteiger partial charge in [-0.2, -0.15) is 0 Å². The van der Waals surface area contributed by atoms with Crippen molar-refractivity contribution in [3.05, 3.63) is 51.9 Å². The Morgan fingerprint density at radius 3 is 2.69 bits per heavy atom. The average molecular weight is 218 g/mol. The molecule has 1 heterocycles. The van der Waals surface area contributed by atoms with Gasteiger partial charge >= 0.3 is 5.97 Å². The van der Waals surface area contributed by atoms with E-state index >= 15 is 0 Å². The minimum atomic E-state index is -1.01. The van der Waals surface area contributed by atoms with Gasteiger partial charge in [-0.25, -0.2) is 4.79 Å². The van der Waals surface area contributed by atoms with E-state index in [2.05, 4.69) is 5.10 Å². The van der Waals surface area contributed by atoms with Crippen molar-refractivity contribution in [3.63, 3.8) is 0 Å². The Morgan fingerprint density at radius 1 is 1.38 bits per heavy atom. The smallest absolute Gasteiger partial charge is 0.338 e. The number of hydrogen-bond acceptors (Lipinski definition) is 2. The maximum Gasteiger partial charge on any atom is 0.338 e. The number of H-pyrrole nitrogens is 1. The molecule has 0 atom stereocenters. The number of aryl methyl sites for hydroxylation is 1. The summed E-state index contributed by atoms with van der Waals surface area (Å²) in [6.07, 6.45) is 1.50. The van der Waals surface area contributed by atoms with Crippen LogP contribution in [-0.2, 0) is 0 Å². The maximum absolute atomic E-state index is 11.1. The lowest BCUT2D eigenvalue weighted by molar-refractivity contribution is 0.0696. The van der Waals surface area contributed by atoms with Gasteiger partial charge in [0.25, 0.3) is 5.56 Å². The number of carboxylic acids is 1. The van der Waals surface area contributed by atoms with Crippen LogP contribution in [0.4, 0.5) is 0 Å². The van der Waals surface area contributed by atoms with E-state index in [0.29, 0.717) is 11.3 Å². The lowest BCUT2D eigenvalue weighted by Gasteiger charge is -2.08. The Bertz CT molecular complexity index is 595. The first-order chi connectivity index (χ1) is 7.59. The van der Waals surface area contributed by atoms with Crippen LogP contribution in [0.1, 0.15) is 15.9 Å².